The average Bonchev–Trinajstić information content (AvgIpc) is 3.23. The third kappa shape index (κ3) is 2.43. The second-order valence-electron chi connectivity index (χ2n) is 5.18. The first-order valence-corrected chi connectivity index (χ1v) is 6.62. The Bertz CT molecular complexity index is 668. The molecule has 1 heterocycles. The highest BCUT2D eigenvalue weighted by Crippen LogP contribution is 2.40. The number of hydrogen-bond acceptors (Lipinski definition) is 4. The van der Waals surface area contributed by atoms with Crippen LogP contribution in [0.4, 0.5) is 10.2 Å². The molecule has 0 bridgehead atoms. The molecule has 2 N–H and O–H groups in total. The molecular weight excluding hydrogens is 257 g/mol. The molecule has 20 heavy (non-hydrogen) atoms. The van der Waals surface area contributed by atoms with E-state index >= 15 is 0 Å². The summed E-state index contributed by atoms with van der Waals surface area (Å²) in [4.78, 5) is 8.73. The van der Waals surface area contributed by atoms with Gasteiger partial charge in [0, 0.05) is 5.92 Å². The summed E-state index contributed by atoms with van der Waals surface area (Å²) in [5.74, 6) is 2.32. The zero-order valence-corrected chi connectivity index (χ0v) is 11.5. The van der Waals surface area contributed by atoms with Crippen molar-refractivity contribution in [1.82, 2.24) is 9.97 Å². The first-order chi connectivity index (χ1) is 9.54. The van der Waals surface area contributed by atoms with Crippen molar-refractivity contribution < 1.29 is 9.13 Å². The van der Waals surface area contributed by atoms with Crippen molar-refractivity contribution in [1.29, 1.82) is 0 Å². The molecule has 1 saturated carbocycles. The molecule has 1 aromatic carbocycles. The minimum absolute atomic E-state index is 0.255. The topological polar surface area (TPSA) is 61.0 Å². The predicted octanol–water partition coefficient (Wildman–Crippen LogP) is 3.48. The maximum absolute atomic E-state index is 13.3. The van der Waals surface area contributed by atoms with Gasteiger partial charge >= 0.3 is 0 Å². The van der Waals surface area contributed by atoms with Crippen LogP contribution in [-0.4, -0.2) is 9.97 Å². The molecule has 0 radical (unpaired) electrons. The highest BCUT2D eigenvalue weighted by Gasteiger charge is 2.28. The van der Waals surface area contributed by atoms with Gasteiger partial charge in [-0.25, -0.2) is 9.37 Å². The molecule has 1 aromatic heterocycles. The molecule has 0 atom stereocenters. The molecule has 0 saturated heterocycles. The Morgan fingerprint density at radius 2 is 2.00 bits per heavy atom. The van der Waals surface area contributed by atoms with Gasteiger partial charge < -0.3 is 10.5 Å². The molecule has 1 fully saturated rings. The fourth-order valence-corrected chi connectivity index (χ4v) is 1.95. The van der Waals surface area contributed by atoms with Crippen LogP contribution in [0, 0.1) is 19.7 Å². The van der Waals surface area contributed by atoms with Gasteiger partial charge in [0.05, 0.1) is 5.56 Å². The molecule has 0 unspecified atom stereocenters. The fourth-order valence-electron chi connectivity index (χ4n) is 1.95. The fraction of sp³-hybridized carbons (Fsp3) is 0.333. The van der Waals surface area contributed by atoms with Gasteiger partial charge in [0.25, 0.3) is 0 Å². The molecule has 3 rings (SSSR count). The van der Waals surface area contributed by atoms with Crippen molar-refractivity contribution in [3.05, 3.63) is 41.0 Å². The van der Waals surface area contributed by atoms with Crippen LogP contribution in [0.5, 0.6) is 11.6 Å². The van der Waals surface area contributed by atoms with E-state index in [1.165, 1.54) is 6.07 Å². The number of hydrogen-bond donors (Lipinski definition) is 1. The van der Waals surface area contributed by atoms with Gasteiger partial charge in [-0.05, 0) is 50.5 Å². The smallest absolute Gasteiger partial charge is 0.227 e. The quantitative estimate of drug-likeness (QED) is 0.930. The Morgan fingerprint density at radius 1 is 1.25 bits per heavy atom. The number of halogens is 1. The Kier molecular flexibility index (Phi) is 3.04. The number of rotatable bonds is 3. The second-order valence-corrected chi connectivity index (χ2v) is 5.18. The van der Waals surface area contributed by atoms with E-state index in [2.05, 4.69) is 9.97 Å². The van der Waals surface area contributed by atoms with Crippen molar-refractivity contribution in [2.75, 3.05) is 5.73 Å². The monoisotopic (exact) mass is 273 g/mol. The minimum atomic E-state index is -0.255. The molecular formula is C15H16FN3O. The largest absolute Gasteiger partial charge is 0.439 e. The lowest BCUT2D eigenvalue weighted by molar-refractivity contribution is 0.452. The normalized spacial score (nSPS) is 14.3. The molecule has 104 valence electrons. The molecule has 1 aliphatic rings. The first kappa shape index (κ1) is 12.8. The van der Waals surface area contributed by atoms with Crippen LogP contribution in [0.1, 0.15) is 35.7 Å². The van der Waals surface area contributed by atoms with Crippen molar-refractivity contribution in [2.24, 2.45) is 0 Å². The molecule has 4 nitrogen and oxygen atoms in total. The van der Waals surface area contributed by atoms with Crippen molar-refractivity contribution in [3.63, 3.8) is 0 Å². The molecule has 0 spiro atoms. The van der Waals surface area contributed by atoms with E-state index in [1.54, 1.807) is 19.1 Å². The van der Waals surface area contributed by atoms with Crippen LogP contribution in [0.2, 0.25) is 0 Å². The summed E-state index contributed by atoms with van der Waals surface area (Å²) in [7, 11) is 0. The highest BCUT2D eigenvalue weighted by atomic mass is 19.1. The van der Waals surface area contributed by atoms with Crippen LogP contribution in [-0.2, 0) is 0 Å². The van der Waals surface area contributed by atoms with E-state index in [0.29, 0.717) is 34.5 Å². The molecule has 1 aliphatic carbocycles. The summed E-state index contributed by atoms with van der Waals surface area (Å²) in [5, 5.41) is 0. The summed E-state index contributed by atoms with van der Waals surface area (Å²) in [5.41, 5.74) is 7.14. The zero-order valence-electron chi connectivity index (χ0n) is 11.5. The van der Waals surface area contributed by atoms with E-state index in [-0.39, 0.29) is 5.82 Å². The van der Waals surface area contributed by atoms with Gasteiger partial charge in [0.15, 0.2) is 0 Å². The van der Waals surface area contributed by atoms with Gasteiger partial charge in [0.1, 0.15) is 23.2 Å². The summed E-state index contributed by atoms with van der Waals surface area (Å²) >= 11 is 0. The maximum atomic E-state index is 13.3. The van der Waals surface area contributed by atoms with Crippen LogP contribution in [0.15, 0.2) is 18.2 Å². The second kappa shape index (κ2) is 4.74. The summed E-state index contributed by atoms with van der Waals surface area (Å²) in [6, 6.07) is 4.60. The van der Waals surface area contributed by atoms with E-state index in [9.17, 15) is 4.39 Å². The van der Waals surface area contributed by atoms with Crippen molar-refractivity contribution in [2.45, 2.75) is 32.6 Å². The van der Waals surface area contributed by atoms with Crippen molar-refractivity contribution in [3.8, 4) is 11.6 Å². The maximum Gasteiger partial charge on any atom is 0.227 e. The Morgan fingerprint density at radius 3 is 2.65 bits per heavy atom. The van der Waals surface area contributed by atoms with E-state index < -0.39 is 0 Å². The van der Waals surface area contributed by atoms with Crippen LogP contribution in [0.25, 0.3) is 0 Å². The average molecular weight is 273 g/mol. The number of aromatic nitrogens is 2. The zero-order chi connectivity index (χ0) is 14.3. The standard InChI is InChI=1S/C15H16FN3O/c1-8-7-11(5-6-12(8)16)20-15-9(2)13(17)18-14(19-15)10-3-4-10/h5-7,10H,3-4H2,1-2H3,(H2,17,18,19). The van der Waals surface area contributed by atoms with Crippen LogP contribution < -0.4 is 10.5 Å². The van der Waals surface area contributed by atoms with Gasteiger partial charge in [-0.15, -0.1) is 0 Å². The molecule has 5 heteroatoms. The van der Waals surface area contributed by atoms with Gasteiger partial charge in [-0.3, -0.25) is 0 Å². The molecule has 2 aromatic rings. The SMILES string of the molecule is Cc1cc(Oc2nc(C3CC3)nc(N)c2C)ccc1F. The van der Waals surface area contributed by atoms with Crippen LogP contribution in [0.3, 0.4) is 0 Å². The van der Waals surface area contributed by atoms with Crippen LogP contribution >= 0.6 is 0 Å². The highest BCUT2D eigenvalue weighted by molar-refractivity contribution is 5.46. The van der Waals surface area contributed by atoms with E-state index in [0.717, 1.165) is 18.7 Å². The number of anilines is 1. The Balaban J connectivity index is 1.94. The number of nitrogens with two attached hydrogens (primary N) is 1. The third-order valence-corrected chi connectivity index (χ3v) is 3.44. The Hall–Kier alpha value is -2.17. The number of ether oxygens (including phenoxy) is 1. The van der Waals surface area contributed by atoms with Gasteiger partial charge in [-0.1, -0.05) is 0 Å². The van der Waals surface area contributed by atoms with Gasteiger partial charge in [-0.2, -0.15) is 4.98 Å². The summed E-state index contributed by atoms with van der Waals surface area (Å²) in [6.07, 6.45) is 2.19. The predicted molar refractivity (Wildman–Crippen MR) is 74.4 cm³/mol. The first-order valence-electron chi connectivity index (χ1n) is 6.62. The third-order valence-electron chi connectivity index (χ3n) is 3.44. The lowest BCUT2D eigenvalue weighted by Crippen LogP contribution is -2.04. The van der Waals surface area contributed by atoms with E-state index in [1.807, 2.05) is 6.92 Å². The Labute approximate surface area is 116 Å². The number of nitrogen functional groups attached to an aromatic ring is 1. The molecule has 0 aliphatic heterocycles. The molecule has 0 amide bonds. The number of nitrogens with zero attached hydrogens (tertiary/aromatic N) is 2. The van der Waals surface area contributed by atoms with E-state index in [4.69, 9.17) is 10.5 Å². The lowest BCUT2D eigenvalue weighted by atomic mass is 10.2. The number of benzene rings is 1. The minimum Gasteiger partial charge on any atom is -0.439 e. The lowest BCUT2D eigenvalue weighted by Gasteiger charge is -2.11. The van der Waals surface area contributed by atoms with Crippen molar-refractivity contribution >= 4 is 5.82 Å². The number of aryl methyl sites for hydroxylation is 1. The van der Waals surface area contributed by atoms with Gasteiger partial charge in [0.2, 0.25) is 5.88 Å². The summed E-state index contributed by atoms with van der Waals surface area (Å²) in [6.45, 7) is 3.51. The summed E-state index contributed by atoms with van der Waals surface area (Å²) < 4.78 is 19.0.